The third-order valence-corrected chi connectivity index (χ3v) is 3.71. The molecular weight excluding hydrogens is 286 g/mol. The third kappa shape index (κ3) is 3.80. The summed E-state index contributed by atoms with van der Waals surface area (Å²) >= 11 is 1.21. The van der Waals surface area contributed by atoms with Crippen molar-refractivity contribution in [3.8, 4) is 6.07 Å². The van der Waals surface area contributed by atoms with Crippen molar-refractivity contribution in [2.75, 3.05) is 0 Å². The maximum absolute atomic E-state index is 11.6. The van der Waals surface area contributed by atoms with E-state index in [9.17, 15) is 9.59 Å². The Kier molecular flexibility index (Phi) is 4.90. The summed E-state index contributed by atoms with van der Waals surface area (Å²) in [5, 5.41) is 9.58. The first kappa shape index (κ1) is 15.0. The largest absolute Gasteiger partial charge is 0.301 e. The molecular formula is C15H13N3O2S. The summed E-state index contributed by atoms with van der Waals surface area (Å²) in [6.07, 6.45) is 2.32. The van der Waals surface area contributed by atoms with Gasteiger partial charge < -0.3 is 4.98 Å². The van der Waals surface area contributed by atoms with Crippen molar-refractivity contribution < 1.29 is 4.79 Å². The number of rotatable bonds is 5. The van der Waals surface area contributed by atoms with Crippen LogP contribution >= 0.6 is 11.8 Å². The molecule has 0 saturated heterocycles. The minimum absolute atomic E-state index is 0.209. The van der Waals surface area contributed by atoms with Crippen LogP contribution in [0, 0.1) is 11.3 Å². The normalized spacial score (nSPS) is 10.1. The van der Waals surface area contributed by atoms with E-state index >= 15 is 0 Å². The van der Waals surface area contributed by atoms with Crippen LogP contribution in [-0.2, 0) is 6.42 Å². The molecule has 0 aliphatic carbocycles. The van der Waals surface area contributed by atoms with Gasteiger partial charge in [-0.05, 0) is 18.6 Å². The first-order chi connectivity index (χ1) is 10.2. The van der Waals surface area contributed by atoms with Crippen LogP contribution in [0.5, 0.6) is 0 Å². The van der Waals surface area contributed by atoms with Crippen LogP contribution in [0.1, 0.15) is 35.0 Å². The number of aldehydes is 1. The molecule has 106 valence electrons. The van der Waals surface area contributed by atoms with Crippen molar-refractivity contribution in [3.63, 3.8) is 0 Å². The lowest BCUT2D eigenvalue weighted by Gasteiger charge is -2.05. The number of nitrogens with one attached hydrogen (secondary N) is 1. The number of aryl methyl sites for hydroxylation is 1. The Hall–Kier alpha value is -2.39. The summed E-state index contributed by atoms with van der Waals surface area (Å²) in [5.41, 5.74) is 1.34. The number of aromatic amines is 1. The van der Waals surface area contributed by atoms with Gasteiger partial charge >= 0.3 is 0 Å². The molecule has 2 aromatic rings. The number of carbonyl (C=O) groups is 1. The summed E-state index contributed by atoms with van der Waals surface area (Å²) in [4.78, 5) is 30.0. The average molecular weight is 299 g/mol. The Morgan fingerprint density at radius 3 is 2.90 bits per heavy atom. The number of nitriles is 1. The highest BCUT2D eigenvalue weighted by atomic mass is 32.2. The first-order valence-electron chi connectivity index (χ1n) is 6.43. The fourth-order valence-electron chi connectivity index (χ4n) is 1.82. The van der Waals surface area contributed by atoms with E-state index < -0.39 is 0 Å². The smallest absolute Gasteiger partial charge is 0.251 e. The van der Waals surface area contributed by atoms with E-state index in [-0.39, 0.29) is 5.56 Å². The van der Waals surface area contributed by atoms with Crippen LogP contribution in [0.4, 0.5) is 0 Å². The lowest BCUT2D eigenvalue weighted by Crippen LogP contribution is -2.09. The van der Waals surface area contributed by atoms with Gasteiger partial charge in [0.15, 0.2) is 5.16 Å². The molecule has 0 aliphatic heterocycles. The summed E-state index contributed by atoms with van der Waals surface area (Å²) in [6, 6.07) is 8.35. The SMILES string of the molecule is CCCc1cc(=O)[nH]c(Sc2ccc(C=O)cc2C#N)n1. The van der Waals surface area contributed by atoms with E-state index in [1.807, 2.05) is 13.0 Å². The van der Waals surface area contributed by atoms with E-state index in [0.29, 0.717) is 27.5 Å². The van der Waals surface area contributed by atoms with Crippen LogP contribution in [0.25, 0.3) is 0 Å². The second-order valence-electron chi connectivity index (χ2n) is 4.38. The maximum atomic E-state index is 11.6. The topological polar surface area (TPSA) is 86.6 Å². The van der Waals surface area contributed by atoms with Gasteiger partial charge in [0.1, 0.15) is 12.4 Å². The Balaban J connectivity index is 2.36. The quantitative estimate of drug-likeness (QED) is 0.677. The second-order valence-corrected chi connectivity index (χ2v) is 5.41. The predicted octanol–water partition coefficient (Wildman–Crippen LogP) is 2.56. The van der Waals surface area contributed by atoms with Crippen molar-refractivity contribution in [2.45, 2.75) is 29.8 Å². The number of aromatic nitrogens is 2. The zero-order chi connectivity index (χ0) is 15.2. The highest BCUT2D eigenvalue weighted by Gasteiger charge is 2.08. The zero-order valence-electron chi connectivity index (χ0n) is 11.4. The van der Waals surface area contributed by atoms with Gasteiger partial charge in [0.25, 0.3) is 5.56 Å². The lowest BCUT2D eigenvalue weighted by molar-refractivity contribution is 0.112. The molecule has 0 aliphatic rings. The summed E-state index contributed by atoms with van der Waals surface area (Å²) in [6.45, 7) is 2.02. The number of hydrogen-bond acceptors (Lipinski definition) is 5. The van der Waals surface area contributed by atoms with Crippen molar-refractivity contribution in [1.29, 1.82) is 5.26 Å². The molecule has 0 spiro atoms. The van der Waals surface area contributed by atoms with Crippen molar-refractivity contribution in [2.24, 2.45) is 0 Å². The number of nitrogens with zero attached hydrogens (tertiary/aromatic N) is 2. The third-order valence-electron chi connectivity index (χ3n) is 2.75. The number of hydrogen-bond donors (Lipinski definition) is 1. The Morgan fingerprint density at radius 1 is 1.43 bits per heavy atom. The van der Waals surface area contributed by atoms with E-state index in [2.05, 4.69) is 9.97 Å². The minimum Gasteiger partial charge on any atom is -0.301 e. The Bertz CT molecular complexity index is 762. The van der Waals surface area contributed by atoms with Gasteiger partial charge in [0, 0.05) is 22.2 Å². The van der Waals surface area contributed by atoms with Gasteiger partial charge in [-0.15, -0.1) is 0 Å². The van der Waals surface area contributed by atoms with Gasteiger partial charge in [-0.3, -0.25) is 9.59 Å². The molecule has 0 fully saturated rings. The number of benzene rings is 1. The van der Waals surface area contributed by atoms with Crippen molar-refractivity contribution >= 4 is 18.0 Å². The molecule has 0 saturated carbocycles. The maximum Gasteiger partial charge on any atom is 0.251 e. The van der Waals surface area contributed by atoms with E-state index in [4.69, 9.17) is 5.26 Å². The summed E-state index contributed by atoms with van der Waals surface area (Å²) < 4.78 is 0. The van der Waals surface area contributed by atoms with E-state index in [1.165, 1.54) is 23.9 Å². The molecule has 1 heterocycles. The molecule has 0 radical (unpaired) electrons. The van der Waals surface area contributed by atoms with E-state index in [1.54, 1.807) is 12.1 Å². The molecule has 0 unspecified atom stereocenters. The average Bonchev–Trinajstić information content (AvgIpc) is 2.47. The Labute approximate surface area is 126 Å². The predicted molar refractivity (Wildman–Crippen MR) is 79.5 cm³/mol. The van der Waals surface area contributed by atoms with Crippen LogP contribution in [-0.4, -0.2) is 16.3 Å². The highest BCUT2D eigenvalue weighted by Crippen LogP contribution is 2.27. The highest BCUT2D eigenvalue weighted by molar-refractivity contribution is 7.99. The molecule has 21 heavy (non-hydrogen) atoms. The van der Waals surface area contributed by atoms with Crippen LogP contribution in [0.15, 0.2) is 39.1 Å². The molecule has 5 nitrogen and oxygen atoms in total. The molecule has 1 aromatic heterocycles. The molecule has 0 bridgehead atoms. The van der Waals surface area contributed by atoms with Crippen molar-refractivity contribution in [1.82, 2.24) is 9.97 Å². The second kappa shape index (κ2) is 6.86. The number of carbonyl (C=O) groups excluding carboxylic acids is 1. The number of H-pyrrole nitrogens is 1. The van der Waals surface area contributed by atoms with Gasteiger partial charge in [-0.25, -0.2) is 4.98 Å². The minimum atomic E-state index is -0.209. The van der Waals surface area contributed by atoms with Gasteiger partial charge in [-0.1, -0.05) is 31.2 Å². The molecule has 0 atom stereocenters. The van der Waals surface area contributed by atoms with Gasteiger partial charge in [-0.2, -0.15) is 5.26 Å². The van der Waals surface area contributed by atoms with Gasteiger partial charge in [0.05, 0.1) is 5.56 Å². The van der Waals surface area contributed by atoms with Crippen LogP contribution in [0.3, 0.4) is 0 Å². The van der Waals surface area contributed by atoms with Crippen LogP contribution < -0.4 is 5.56 Å². The molecule has 0 amide bonds. The van der Waals surface area contributed by atoms with Gasteiger partial charge in [0.2, 0.25) is 0 Å². The summed E-state index contributed by atoms with van der Waals surface area (Å²) in [5.74, 6) is 0. The summed E-state index contributed by atoms with van der Waals surface area (Å²) in [7, 11) is 0. The molecule has 1 aromatic carbocycles. The zero-order valence-corrected chi connectivity index (χ0v) is 12.2. The standard InChI is InChI=1S/C15H13N3O2S/c1-2-3-12-7-14(20)18-15(17-12)21-13-5-4-10(9-19)6-11(13)8-16/h4-7,9H,2-3H2,1H3,(H,17,18,20). The molecule has 1 N–H and O–H groups in total. The first-order valence-corrected chi connectivity index (χ1v) is 7.25. The van der Waals surface area contributed by atoms with Crippen molar-refractivity contribution in [3.05, 3.63) is 51.4 Å². The Morgan fingerprint density at radius 2 is 2.24 bits per heavy atom. The van der Waals surface area contributed by atoms with Crippen LogP contribution in [0.2, 0.25) is 0 Å². The lowest BCUT2D eigenvalue weighted by atomic mass is 10.1. The van der Waals surface area contributed by atoms with E-state index in [0.717, 1.165) is 18.5 Å². The molecule has 2 rings (SSSR count). The fraction of sp³-hybridized carbons (Fsp3) is 0.200. The molecule has 6 heteroatoms. The fourth-order valence-corrected chi connectivity index (χ4v) is 2.69. The monoisotopic (exact) mass is 299 g/mol.